The van der Waals surface area contributed by atoms with Gasteiger partial charge in [-0.15, -0.1) is 0 Å². The molecular weight excluding hydrogens is 196 g/mol. The van der Waals surface area contributed by atoms with Crippen LogP contribution in [0.4, 0.5) is 0 Å². The van der Waals surface area contributed by atoms with Crippen molar-refractivity contribution in [2.75, 3.05) is 26.7 Å². The average molecular weight is 218 g/mol. The Morgan fingerprint density at radius 2 is 2.12 bits per heavy atom. The van der Waals surface area contributed by atoms with E-state index in [1.165, 1.54) is 30.5 Å². The molecule has 88 valence electrons. The van der Waals surface area contributed by atoms with Crippen LogP contribution in [0.15, 0.2) is 24.3 Å². The van der Waals surface area contributed by atoms with E-state index in [4.69, 9.17) is 0 Å². The lowest BCUT2D eigenvalue weighted by Crippen LogP contribution is -2.28. The summed E-state index contributed by atoms with van der Waals surface area (Å²) in [5.74, 6) is 0.729. The topological polar surface area (TPSA) is 24.1 Å². The van der Waals surface area contributed by atoms with Gasteiger partial charge in [0.1, 0.15) is 0 Å². The number of nitrogens with one attached hydrogen (secondary N) is 2. The second kappa shape index (κ2) is 6.02. The van der Waals surface area contributed by atoms with Crippen molar-refractivity contribution in [3.63, 3.8) is 0 Å². The van der Waals surface area contributed by atoms with Gasteiger partial charge in [-0.3, -0.25) is 0 Å². The lowest BCUT2D eigenvalue weighted by Gasteiger charge is -2.23. The van der Waals surface area contributed by atoms with E-state index in [0.29, 0.717) is 0 Å². The number of benzene rings is 1. The zero-order valence-electron chi connectivity index (χ0n) is 10.1. The van der Waals surface area contributed by atoms with Gasteiger partial charge in [0.25, 0.3) is 0 Å². The molecule has 0 amide bonds. The molecule has 1 unspecified atom stereocenters. The van der Waals surface area contributed by atoms with E-state index >= 15 is 0 Å². The maximum Gasteiger partial charge on any atom is 0.00201 e. The predicted molar refractivity (Wildman–Crippen MR) is 68.9 cm³/mol. The summed E-state index contributed by atoms with van der Waals surface area (Å²) in [5, 5.41) is 6.66. The van der Waals surface area contributed by atoms with E-state index < -0.39 is 0 Å². The number of likely N-dealkylation sites (N-methyl/N-ethyl adjacent to an activating group) is 1. The molecule has 1 aromatic rings. The summed E-state index contributed by atoms with van der Waals surface area (Å²) in [6, 6.07) is 9.17. The van der Waals surface area contributed by atoms with Gasteiger partial charge in [-0.25, -0.2) is 0 Å². The fourth-order valence-corrected chi connectivity index (χ4v) is 2.36. The van der Waals surface area contributed by atoms with E-state index in [1.807, 2.05) is 7.05 Å². The Bertz CT molecular complexity index is 299. The van der Waals surface area contributed by atoms with Gasteiger partial charge in [-0.05, 0) is 56.4 Å². The quantitative estimate of drug-likeness (QED) is 0.807. The summed E-state index contributed by atoms with van der Waals surface area (Å²) in [5.41, 5.74) is 2.93. The molecule has 1 aliphatic rings. The molecule has 2 rings (SSSR count). The van der Waals surface area contributed by atoms with E-state index in [1.54, 1.807) is 0 Å². The van der Waals surface area contributed by atoms with Crippen molar-refractivity contribution in [3.8, 4) is 0 Å². The zero-order chi connectivity index (χ0) is 11.2. The molecular formula is C14H22N2. The smallest absolute Gasteiger partial charge is 0.00201 e. The van der Waals surface area contributed by atoms with Crippen molar-refractivity contribution in [2.24, 2.45) is 0 Å². The average Bonchev–Trinajstić information content (AvgIpc) is 2.38. The lowest BCUT2D eigenvalue weighted by molar-refractivity contribution is 0.461. The zero-order valence-corrected chi connectivity index (χ0v) is 10.1. The second-order valence-corrected chi connectivity index (χ2v) is 4.64. The minimum atomic E-state index is 0.729. The highest BCUT2D eigenvalue weighted by molar-refractivity contribution is 5.26. The molecule has 2 N–H and O–H groups in total. The highest BCUT2D eigenvalue weighted by Gasteiger charge is 2.14. The molecule has 1 saturated heterocycles. The van der Waals surface area contributed by atoms with Crippen LogP contribution in [-0.2, 0) is 6.42 Å². The highest BCUT2D eigenvalue weighted by atomic mass is 14.9. The van der Waals surface area contributed by atoms with Gasteiger partial charge < -0.3 is 10.6 Å². The number of piperidine rings is 1. The molecule has 1 aromatic carbocycles. The first-order valence-electron chi connectivity index (χ1n) is 6.34. The third-order valence-corrected chi connectivity index (χ3v) is 3.41. The van der Waals surface area contributed by atoms with Crippen LogP contribution in [-0.4, -0.2) is 26.7 Å². The van der Waals surface area contributed by atoms with Crippen LogP contribution in [0, 0.1) is 0 Å². The van der Waals surface area contributed by atoms with Crippen molar-refractivity contribution < 1.29 is 0 Å². The van der Waals surface area contributed by atoms with Gasteiger partial charge in [0.15, 0.2) is 0 Å². The minimum absolute atomic E-state index is 0.729. The second-order valence-electron chi connectivity index (χ2n) is 4.64. The fourth-order valence-electron chi connectivity index (χ4n) is 2.36. The molecule has 1 aliphatic heterocycles. The Balaban J connectivity index is 1.95. The van der Waals surface area contributed by atoms with Crippen LogP contribution in [0.1, 0.15) is 29.9 Å². The van der Waals surface area contributed by atoms with Gasteiger partial charge >= 0.3 is 0 Å². The van der Waals surface area contributed by atoms with Crippen molar-refractivity contribution >= 4 is 0 Å². The Hall–Kier alpha value is -0.860. The standard InChI is InChI=1S/C14H22N2/c1-15-10-8-12-4-6-13(7-5-12)14-3-2-9-16-11-14/h4-7,14-16H,2-3,8-11H2,1H3. The van der Waals surface area contributed by atoms with E-state index in [9.17, 15) is 0 Å². The van der Waals surface area contributed by atoms with Gasteiger partial charge in [-0.1, -0.05) is 24.3 Å². The van der Waals surface area contributed by atoms with Crippen molar-refractivity contribution in [1.29, 1.82) is 0 Å². The molecule has 0 bridgehead atoms. The van der Waals surface area contributed by atoms with E-state index in [0.717, 1.165) is 25.4 Å². The van der Waals surface area contributed by atoms with Gasteiger partial charge in [0.2, 0.25) is 0 Å². The Morgan fingerprint density at radius 1 is 1.31 bits per heavy atom. The van der Waals surface area contributed by atoms with Gasteiger partial charge in [0, 0.05) is 6.54 Å². The Kier molecular flexibility index (Phi) is 4.37. The molecule has 2 nitrogen and oxygen atoms in total. The lowest BCUT2D eigenvalue weighted by atomic mass is 9.91. The molecule has 0 spiro atoms. The van der Waals surface area contributed by atoms with Crippen LogP contribution in [0.5, 0.6) is 0 Å². The van der Waals surface area contributed by atoms with Crippen LogP contribution in [0.2, 0.25) is 0 Å². The molecule has 1 atom stereocenters. The monoisotopic (exact) mass is 218 g/mol. The molecule has 0 aliphatic carbocycles. The number of rotatable bonds is 4. The molecule has 1 heterocycles. The van der Waals surface area contributed by atoms with Crippen LogP contribution < -0.4 is 10.6 Å². The number of hydrogen-bond donors (Lipinski definition) is 2. The van der Waals surface area contributed by atoms with Gasteiger partial charge in [-0.2, -0.15) is 0 Å². The van der Waals surface area contributed by atoms with Crippen LogP contribution >= 0.6 is 0 Å². The third-order valence-electron chi connectivity index (χ3n) is 3.41. The molecule has 0 saturated carbocycles. The number of hydrogen-bond acceptors (Lipinski definition) is 2. The van der Waals surface area contributed by atoms with Crippen molar-refractivity contribution in [1.82, 2.24) is 10.6 Å². The molecule has 0 radical (unpaired) electrons. The normalized spacial score (nSPS) is 20.9. The van der Waals surface area contributed by atoms with Gasteiger partial charge in [0.05, 0.1) is 0 Å². The largest absolute Gasteiger partial charge is 0.319 e. The predicted octanol–water partition coefficient (Wildman–Crippen LogP) is 1.92. The Morgan fingerprint density at radius 3 is 2.75 bits per heavy atom. The van der Waals surface area contributed by atoms with Crippen LogP contribution in [0.3, 0.4) is 0 Å². The van der Waals surface area contributed by atoms with E-state index in [-0.39, 0.29) is 0 Å². The summed E-state index contributed by atoms with van der Waals surface area (Å²) < 4.78 is 0. The minimum Gasteiger partial charge on any atom is -0.319 e. The first-order valence-corrected chi connectivity index (χ1v) is 6.34. The summed E-state index contributed by atoms with van der Waals surface area (Å²) in [6.07, 6.45) is 3.77. The summed E-state index contributed by atoms with van der Waals surface area (Å²) >= 11 is 0. The van der Waals surface area contributed by atoms with Crippen LogP contribution in [0.25, 0.3) is 0 Å². The van der Waals surface area contributed by atoms with Crippen molar-refractivity contribution in [3.05, 3.63) is 35.4 Å². The first kappa shape index (κ1) is 11.6. The molecule has 1 fully saturated rings. The Labute approximate surface area is 98.4 Å². The third kappa shape index (κ3) is 3.06. The molecule has 2 heteroatoms. The maximum absolute atomic E-state index is 3.47. The maximum atomic E-state index is 3.47. The summed E-state index contributed by atoms with van der Waals surface area (Å²) in [7, 11) is 2.00. The SMILES string of the molecule is CNCCc1ccc(C2CCCNC2)cc1. The highest BCUT2D eigenvalue weighted by Crippen LogP contribution is 2.23. The molecule has 16 heavy (non-hydrogen) atoms. The summed E-state index contributed by atoms with van der Waals surface area (Å²) in [4.78, 5) is 0. The van der Waals surface area contributed by atoms with Crippen molar-refractivity contribution in [2.45, 2.75) is 25.2 Å². The fraction of sp³-hybridized carbons (Fsp3) is 0.571. The first-order chi connectivity index (χ1) is 7.90. The molecule has 0 aromatic heterocycles. The summed E-state index contributed by atoms with van der Waals surface area (Å²) in [6.45, 7) is 3.40. The van der Waals surface area contributed by atoms with E-state index in [2.05, 4.69) is 34.9 Å².